The minimum Gasteiger partial charge on any atom is -0.347 e. The van der Waals surface area contributed by atoms with Gasteiger partial charge in [-0.3, -0.25) is 9.80 Å². The van der Waals surface area contributed by atoms with Crippen LogP contribution in [0.4, 0.5) is 23.7 Å². The summed E-state index contributed by atoms with van der Waals surface area (Å²) < 4.78 is 40.9. The first-order chi connectivity index (χ1) is 16.7. The highest BCUT2D eigenvalue weighted by atomic mass is 35.5. The maximum Gasteiger partial charge on any atom is 0.416 e. The first kappa shape index (κ1) is 25.1. The van der Waals surface area contributed by atoms with E-state index in [9.17, 15) is 18.0 Å². The average Bonchev–Trinajstić information content (AvgIpc) is 3.36. The third kappa shape index (κ3) is 5.31. The van der Waals surface area contributed by atoms with Crippen LogP contribution >= 0.6 is 11.6 Å². The molecule has 1 fully saturated rings. The number of hydrogen-bond donors (Lipinski definition) is 2. The maximum absolute atomic E-state index is 13.6. The van der Waals surface area contributed by atoms with Crippen LogP contribution in [0.25, 0.3) is 0 Å². The molecule has 3 aromatic rings. The number of imidazole rings is 1. The van der Waals surface area contributed by atoms with Crippen LogP contribution in [0, 0.1) is 6.92 Å². The average molecular weight is 506 g/mol. The van der Waals surface area contributed by atoms with E-state index in [-0.39, 0.29) is 17.6 Å². The van der Waals surface area contributed by atoms with Gasteiger partial charge in [-0.05, 0) is 49.1 Å². The molecule has 1 aliphatic heterocycles. The fraction of sp³-hybridized carbons (Fsp3) is 0.360. The summed E-state index contributed by atoms with van der Waals surface area (Å²) in [7, 11) is 1.57. The first-order valence-electron chi connectivity index (χ1n) is 11.4. The molecule has 1 aliphatic rings. The Bertz CT molecular complexity index is 1160. The van der Waals surface area contributed by atoms with Gasteiger partial charge in [-0.15, -0.1) is 0 Å². The van der Waals surface area contributed by atoms with Crippen molar-refractivity contribution in [2.45, 2.75) is 38.0 Å². The summed E-state index contributed by atoms with van der Waals surface area (Å²) in [6.45, 7) is 2.61. The van der Waals surface area contributed by atoms with Gasteiger partial charge in [0.25, 0.3) is 0 Å². The Hall–Kier alpha value is -3.04. The number of hydrogen-bond acceptors (Lipinski definition) is 3. The molecule has 1 unspecified atom stereocenters. The molecular weight excluding hydrogens is 479 g/mol. The summed E-state index contributed by atoms with van der Waals surface area (Å²) >= 11 is 6.40. The van der Waals surface area contributed by atoms with Crippen LogP contribution in [-0.2, 0) is 6.18 Å². The number of aromatic nitrogens is 2. The smallest absolute Gasteiger partial charge is 0.347 e. The van der Waals surface area contributed by atoms with Gasteiger partial charge in [0.2, 0.25) is 0 Å². The highest BCUT2D eigenvalue weighted by Crippen LogP contribution is 2.38. The van der Waals surface area contributed by atoms with E-state index in [1.165, 1.54) is 25.4 Å². The molecule has 1 atom stereocenters. The van der Waals surface area contributed by atoms with Crippen molar-refractivity contribution < 1.29 is 18.0 Å². The van der Waals surface area contributed by atoms with Crippen LogP contribution < -0.4 is 10.2 Å². The second kappa shape index (κ2) is 10.3. The summed E-state index contributed by atoms with van der Waals surface area (Å²) in [6, 6.07) is 10.9. The molecule has 0 spiro atoms. The third-order valence-corrected chi connectivity index (χ3v) is 6.79. The number of H-pyrrole nitrogens is 1. The van der Waals surface area contributed by atoms with Gasteiger partial charge < -0.3 is 10.3 Å². The van der Waals surface area contributed by atoms with Crippen molar-refractivity contribution in [1.29, 1.82) is 0 Å². The lowest BCUT2D eigenvalue weighted by Gasteiger charge is -2.41. The summed E-state index contributed by atoms with van der Waals surface area (Å²) in [5.74, 6) is 0. The van der Waals surface area contributed by atoms with Gasteiger partial charge in [-0.1, -0.05) is 35.9 Å². The van der Waals surface area contributed by atoms with E-state index in [4.69, 9.17) is 11.6 Å². The maximum atomic E-state index is 13.6. The lowest BCUT2D eigenvalue weighted by molar-refractivity contribution is -0.138. The topological polar surface area (TPSA) is 64.3 Å². The predicted octanol–water partition coefficient (Wildman–Crippen LogP) is 5.79. The Morgan fingerprint density at radius 2 is 1.94 bits per heavy atom. The van der Waals surface area contributed by atoms with Crippen LogP contribution in [-0.4, -0.2) is 47.1 Å². The number of halogens is 4. The van der Waals surface area contributed by atoms with Crippen molar-refractivity contribution in [2.75, 3.05) is 25.0 Å². The fourth-order valence-corrected chi connectivity index (χ4v) is 4.99. The number of para-hydroxylation sites is 1. The molecule has 2 aromatic carbocycles. The standard InChI is InChI=1S/C25H27ClF3N5O/c1-16-7-8-17(13-19(16)25(27,28)29)23(21-14-31-15-32-21)33-11-9-18(10-12-33)34(24(35)30-2)22-6-4-3-5-20(22)26/h3-8,13-15,18,23H,9-12H2,1-2H3,(H,30,35)(H,31,32). The highest BCUT2D eigenvalue weighted by Gasteiger charge is 2.36. The van der Waals surface area contributed by atoms with Crippen LogP contribution in [0.5, 0.6) is 0 Å². The largest absolute Gasteiger partial charge is 0.416 e. The molecule has 2 amide bonds. The van der Waals surface area contributed by atoms with E-state index in [1.54, 1.807) is 30.3 Å². The number of nitrogens with zero attached hydrogens (tertiary/aromatic N) is 3. The van der Waals surface area contributed by atoms with Gasteiger partial charge >= 0.3 is 12.2 Å². The van der Waals surface area contributed by atoms with Gasteiger partial charge in [0.1, 0.15) is 0 Å². The molecule has 0 saturated carbocycles. The molecule has 1 aromatic heterocycles. The number of benzene rings is 2. The number of carbonyl (C=O) groups excluding carboxylic acids is 1. The Morgan fingerprint density at radius 3 is 2.54 bits per heavy atom. The number of rotatable bonds is 5. The minimum absolute atomic E-state index is 0.114. The lowest BCUT2D eigenvalue weighted by Crippen LogP contribution is -2.51. The van der Waals surface area contributed by atoms with Gasteiger partial charge in [0.05, 0.1) is 34.3 Å². The number of anilines is 1. The summed E-state index contributed by atoms with van der Waals surface area (Å²) in [5, 5.41) is 3.17. The molecule has 2 heterocycles. The van der Waals surface area contributed by atoms with Gasteiger partial charge in [0, 0.05) is 32.4 Å². The summed E-state index contributed by atoms with van der Waals surface area (Å²) in [4.78, 5) is 23.8. The number of aromatic amines is 1. The van der Waals surface area contributed by atoms with Crippen LogP contribution in [0.2, 0.25) is 5.02 Å². The molecule has 0 bridgehead atoms. The Kier molecular flexibility index (Phi) is 7.37. The van der Waals surface area contributed by atoms with Crippen LogP contribution in [0.1, 0.15) is 41.3 Å². The van der Waals surface area contributed by atoms with E-state index >= 15 is 0 Å². The van der Waals surface area contributed by atoms with Crippen molar-refractivity contribution >= 4 is 23.3 Å². The van der Waals surface area contributed by atoms with Gasteiger partial charge in [0.15, 0.2) is 0 Å². The number of nitrogens with one attached hydrogen (secondary N) is 2. The van der Waals surface area contributed by atoms with Crippen molar-refractivity contribution in [2.24, 2.45) is 0 Å². The second-order valence-electron chi connectivity index (χ2n) is 8.63. The zero-order chi connectivity index (χ0) is 25.2. The van der Waals surface area contributed by atoms with Crippen LogP contribution in [0.3, 0.4) is 0 Å². The second-order valence-corrected chi connectivity index (χ2v) is 9.03. The molecule has 1 saturated heterocycles. The summed E-state index contributed by atoms with van der Waals surface area (Å²) in [6.07, 6.45) is -0.0136. The number of urea groups is 1. The van der Waals surface area contributed by atoms with Crippen molar-refractivity contribution in [3.8, 4) is 0 Å². The number of aryl methyl sites for hydroxylation is 1. The molecule has 35 heavy (non-hydrogen) atoms. The first-order valence-corrected chi connectivity index (χ1v) is 11.7. The van der Waals surface area contributed by atoms with E-state index in [1.807, 2.05) is 18.2 Å². The third-order valence-electron chi connectivity index (χ3n) is 6.47. The fourth-order valence-electron chi connectivity index (χ4n) is 4.76. The molecule has 0 radical (unpaired) electrons. The Labute approximate surface area is 207 Å². The molecule has 10 heteroatoms. The predicted molar refractivity (Wildman–Crippen MR) is 130 cm³/mol. The molecule has 0 aliphatic carbocycles. The highest BCUT2D eigenvalue weighted by molar-refractivity contribution is 6.33. The zero-order valence-corrected chi connectivity index (χ0v) is 20.2. The van der Waals surface area contributed by atoms with Crippen LogP contribution in [0.15, 0.2) is 55.0 Å². The molecule has 2 N–H and O–H groups in total. The lowest BCUT2D eigenvalue weighted by atomic mass is 9.94. The Balaban J connectivity index is 1.61. The molecule has 186 valence electrons. The van der Waals surface area contributed by atoms with E-state index < -0.39 is 17.8 Å². The number of piperidine rings is 1. The summed E-state index contributed by atoms with van der Waals surface area (Å²) in [5.41, 5.74) is 1.43. The monoisotopic (exact) mass is 505 g/mol. The zero-order valence-electron chi connectivity index (χ0n) is 19.4. The number of alkyl halides is 3. The normalized spacial score (nSPS) is 16.2. The quantitative estimate of drug-likeness (QED) is 0.461. The minimum atomic E-state index is -4.44. The molecular formula is C25H27ClF3N5O. The van der Waals surface area contributed by atoms with Gasteiger partial charge in [-0.2, -0.15) is 13.2 Å². The van der Waals surface area contributed by atoms with Crippen molar-refractivity contribution in [3.05, 3.63) is 82.4 Å². The van der Waals surface area contributed by atoms with Crippen molar-refractivity contribution in [3.63, 3.8) is 0 Å². The van der Waals surface area contributed by atoms with E-state index in [0.717, 1.165) is 5.69 Å². The molecule has 6 nitrogen and oxygen atoms in total. The molecule has 4 rings (SSSR count). The van der Waals surface area contributed by atoms with E-state index in [2.05, 4.69) is 20.2 Å². The van der Waals surface area contributed by atoms with E-state index in [0.29, 0.717) is 42.2 Å². The van der Waals surface area contributed by atoms with Gasteiger partial charge in [-0.25, -0.2) is 9.78 Å². The van der Waals surface area contributed by atoms with Crippen molar-refractivity contribution in [1.82, 2.24) is 20.2 Å². The SMILES string of the molecule is CNC(=O)N(c1ccccc1Cl)C1CCN(C(c2ccc(C)c(C(F)(F)F)c2)c2cnc[nH]2)CC1. The number of likely N-dealkylation sites (tertiary alicyclic amines) is 1. The number of amides is 2. The number of carbonyl (C=O) groups is 1. The Morgan fingerprint density at radius 1 is 1.23 bits per heavy atom.